The van der Waals surface area contributed by atoms with Crippen LogP contribution in [0.25, 0.3) is 11.3 Å². The second-order valence-corrected chi connectivity index (χ2v) is 18.2. The molecule has 2 aromatic rings. The molecular weight excluding hydrogens is 777 g/mol. The van der Waals surface area contributed by atoms with Crippen molar-refractivity contribution in [2.75, 3.05) is 47.1 Å². The molecule has 15 nitrogen and oxygen atoms in total. The number of nitrogens with one attached hydrogen (secondary N) is 4. The van der Waals surface area contributed by atoms with Gasteiger partial charge in [0.1, 0.15) is 23.7 Å². The smallest absolute Gasteiger partial charge is 0.407 e. The maximum absolute atomic E-state index is 14.1. The number of imidazole rings is 1. The second kappa shape index (κ2) is 17.3. The number of likely N-dealkylation sites (tertiary alicyclic amines) is 2. The third kappa shape index (κ3) is 7.94. The number of carbonyl (C=O) groups is 4. The molecule has 3 fully saturated rings. The summed E-state index contributed by atoms with van der Waals surface area (Å²) in [4.78, 5) is 69.5. The summed E-state index contributed by atoms with van der Waals surface area (Å²) < 4.78 is 15.3. The van der Waals surface area contributed by atoms with Crippen LogP contribution in [-0.2, 0) is 36.6 Å². The summed E-state index contributed by atoms with van der Waals surface area (Å²) in [6, 6.07) is 3.11. The van der Waals surface area contributed by atoms with E-state index in [-0.39, 0.29) is 41.8 Å². The number of aromatic amines is 1. The fraction of sp³-hybridized carbons (Fsp3) is 0.609. The zero-order valence-electron chi connectivity index (χ0n) is 35.8. The number of rotatable bonds is 10. The highest BCUT2D eigenvalue weighted by molar-refractivity contribution is 5.95. The number of H-pyrrole nitrogens is 1. The topological polar surface area (TPSA) is 180 Å². The van der Waals surface area contributed by atoms with Crippen molar-refractivity contribution >= 4 is 29.8 Å². The number of hydrogen-bond donors (Lipinski definition) is 4. The van der Waals surface area contributed by atoms with E-state index >= 15 is 0 Å². The van der Waals surface area contributed by atoms with Crippen molar-refractivity contribution < 1.29 is 33.4 Å². The SMILES string of the molecule is COC(=O)N[C@H](C(=O)N1CCCC1C1=NCC(C2=CC3CCc4cc(-c5cnc([C@@H]6CCCN6C(=O)[C@@H](NC(=O)OC)C6CCOCC6)[nH]5)cc5c4C3C(=C2)CC5)N1)C(C)C. The second-order valence-electron chi connectivity index (χ2n) is 18.2. The number of nitrogens with zero attached hydrogens (tertiary/aromatic N) is 4. The van der Waals surface area contributed by atoms with Crippen LogP contribution < -0.4 is 16.0 Å². The van der Waals surface area contributed by atoms with Gasteiger partial charge in [0.15, 0.2) is 0 Å². The van der Waals surface area contributed by atoms with E-state index in [1.165, 1.54) is 42.1 Å². The number of alkyl carbamates (subject to hydrolysis) is 2. The molecule has 0 spiro atoms. The lowest BCUT2D eigenvalue weighted by molar-refractivity contribution is -0.137. The summed E-state index contributed by atoms with van der Waals surface area (Å²) in [6.45, 7) is 6.90. The Bertz CT molecular complexity index is 2120. The molecule has 0 radical (unpaired) electrons. The molecule has 61 heavy (non-hydrogen) atoms. The summed E-state index contributed by atoms with van der Waals surface area (Å²) >= 11 is 0. The first-order valence-electron chi connectivity index (χ1n) is 22.4. The number of amidine groups is 1. The lowest BCUT2D eigenvalue weighted by Gasteiger charge is -2.42. The van der Waals surface area contributed by atoms with Gasteiger partial charge in [0.25, 0.3) is 0 Å². The fourth-order valence-electron chi connectivity index (χ4n) is 11.2. The standard InChI is InChI=1S/C46H60N8O7/c1-25(2)39(51-45(57)59-3)43(55)53-15-5-7-35(53)41-47-23-33(49-41)31-19-27-9-11-29-21-32(22-30-12-10-28(20-31)37(27)38(29)30)34-24-48-42(50-34)36-8-6-16-54(36)44(56)40(52-46(58)60-4)26-13-17-61-18-14-26/h19-22,24-27,33,35-37,39-40H,5-18,23H2,1-4H3,(H,47,49)(H,48,50)(H,51,57)(H,52,58)/t27?,33?,35?,36-,37?,39-,40-/m0/s1. The highest BCUT2D eigenvalue weighted by Crippen LogP contribution is 2.51. The molecule has 326 valence electrons. The number of aliphatic imine (C=N–C) groups is 1. The predicted octanol–water partition coefficient (Wildman–Crippen LogP) is 5.09. The van der Waals surface area contributed by atoms with Crippen LogP contribution in [0.4, 0.5) is 9.59 Å². The van der Waals surface area contributed by atoms with E-state index in [4.69, 9.17) is 24.2 Å². The Kier molecular flexibility index (Phi) is 11.7. The Morgan fingerprint density at radius 2 is 1.57 bits per heavy atom. The van der Waals surface area contributed by atoms with Crippen LogP contribution in [0, 0.1) is 17.8 Å². The van der Waals surface area contributed by atoms with Crippen LogP contribution in [0.15, 0.2) is 46.6 Å². The van der Waals surface area contributed by atoms with Gasteiger partial charge in [-0.05, 0) is 116 Å². The summed E-state index contributed by atoms with van der Waals surface area (Å²) in [5, 5.41) is 9.34. The molecule has 4 amide bonds. The Balaban J connectivity index is 0.881. The van der Waals surface area contributed by atoms with E-state index in [0.717, 1.165) is 74.3 Å². The predicted molar refractivity (Wildman–Crippen MR) is 228 cm³/mol. The first kappa shape index (κ1) is 41.2. The minimum Gasteiger partial charge on any atom is -0.453 e. The van der Waals surface area contributed by atoms with Crippen LogP contribution in [0.2, 0.25) is 0 Å². The number of hydrogen-bond acceptors (Lipinski definition) is 10. The van der Waals surface area contributed by atoms with Crippen LogP contribution in [0.5, 0.6) is 0 Å². The minimum absolute atomic E-state index is 0.0156. The monoisotopic (exact) mass is 836 g/mol. The van der Waals surface area contributed by atoms with Gasteiger partial charge in [-0.2, -0.15) is 0 Å². The van der Waals surface area contributed by atoms with Crippen molar-refractivity contribution in [3.8, 4) is 11.3 Å². The highest BCUT2D eigenvalue weighted by Gasteiger charge is 2.43. The molecule has 7 aliphatic rings. The van der Waals surface area contributed by atoms with Gasteiger partial charge in [0.2, 0.25) is 11.8 Å². The Labute approximate surface area is 357 Å². The lowest BCUT2D eigenvalue weighted by Crippen LogP contribution is -2.55. The van der Waals surface area contributed by atoms with Crippen molar-refractivity contribution in [1.82, 2.24) is 35.7 Å². The number of amides is 4. The Morgan fingerprint density at radius 1 is 0.869 bits per heavy atom. The number of ether oxygens (including phenoxy) is 3. The molecule has 3 saturated heterocycles. The van der Waals surface area contributed by atoms with E-state index in [9.17, 15) is 19.2 Å². The third-order valence-corrected chi connectivity index (χ3v) is 14.3. The van der Waals surface area contributed by atoms with E-state index in [1.54, 1.807) is 0 Å². The zero-order valence-corrected chi connectivity index (χ0v) is 35.8. The first-order chi connectivity index (χ1) is 29.6. The van der Waals surface area contributed by atoms with Gasteiger partial charge < -0.3 is 44.9 Å². The molecule has 4 N–H and O–H groups in total. The molecule has 5 heterocycles. The molecule has 7 atom stereocenters. The van der Waals surface area contributed by atoms with Crippen molar-refractivity contribution in [1.29, 1.82) is 0 Å². The average molecular weight is 837 g/mol. The van der Waals surface area contributed by atoms with Crippen LogP contribution >= 0.6 is 0 Å². The number of benzene rings is 1. The molecule has 1 aromatic heterocycles. The van der Waals surface area contributed by atoms with Crippen LogP contribution in [0.3, 0.4) is 0 Å². The summed E-state index contributed by atoms with van der Waals surface area (Å²) in [6.07, 6.45) is 14.5. The average Bonchev–Trinajstić information content (AvgIpc) is 4.13. The summed E-state index contributed by atoms with van der Waals surface area (Å²) in [5.41, 5.74) is 9.21. The Hall–Kier alpha value is -5.18. The van der Waals surface area contributed by atoms with Gasteiger partial charge in [-0.25, -0.2) is 14.6 Å². The maximum Gasteiger partial charge on any atom is 0.407 e. The first-order valence-corrected chi connectivity index (χ1v) is 22.4. The van der Waals surface area contributed by atoms with Gasteiger partial charge in [-0.15, -0.1) is 0 Å². The van der Waals surface area contributed by atoms with Crippen LogP contribution in [-0.4, -0.2) is 121 Å². The number of aromatic nitrogens is 2. The minimum atomic E-state index is -0.671. The molecule has 1 aromatic carbocycles. The van der Waals surface area contributed by atoms with E-state index in [0.29, 0.717) is 57.5 Å². The molecule has 15 heteroatoms. The number of aryl methyl sites for hydroxylation is 2. The number of allylic oxidation sites excluding steroid dienone is 2. The van der Waals surface area contributed by atoms with Crippen LogP contribution in [0.1, 0.15) is 99.7 Å². The fourth-order valence-corrected chi connectivity index (χ4v) is 11.2. The molecule has 4 aliphatic heterocycles. The van der Waals surface area contributed by atoms with Crippen molar-refractivity contribution in [2.45, 2.75) is 114 Å². The molecule has 0 saturated carbocycles. The quantitative estimate of drug-likeness (QED) is 0.254. The molecule has 3 aliphatic carbocycles. The maximum atomic E-state index is 14.1. The summed E-state index contributed by atoms with van der Waals surface area (Å²) in [5.74, 6) is 2.17. The lowest BCUT2D eigenvalue weighted by atomic mass is 9.63. The van der Waals surface area contributed by atoms with Crippen molar-refractivity contribution in [2.24, 2.45) is 22.7 Å². The molecule has 4 unspecified atom stereocenters. The highest BCUT2D eigenvalue weighted by atomic mass is 16.5. The Morgan fingerprint density at radius 3 is 2.31 bits per heavy atom. The van der Waals surface area contributed by atoms with Gasteiger partial charge in [-0.3, -0.25) is 14.6 Å². The summed E-state index contributed by atoms with van der Waals surface area (Å²) in [7, 11) is 2.64. The van der Waals surface area contributed by atoms with E-state index in [1.807, 2.05) is 29.8 Å². The molecular formula is C46H60N8O7. The molecule has 9 rings (SSSR count). The third-order valence-electron chi connectivity index (χ3n) is 14.3. The van der Waals surface area contributed by atoms with E-state index < -0.39 is 24.3 Å². The van der Waals surface area contributed by atoms with Gasteiger partial charge >= 0.3 is 12.2 Å². The van der Waals surface area contributed by atoms with Crippen molar-refractivity contribution in [3.63, 3.8) is 0 Å². The van der Waals surface area contributed by atoms with Gasteiger partial charge in [0.05, 0.1) is 50.8 Å². The largest absolute Gasteiger partial charge is 0.453 e. The zero-order chi connectivity index (χ0) is 42.4. The van der Waals surface area contributed by atoms with Crippen molar-refractivity contribution in [3.05, 3.63) is 64.1 Å². The number of carbonyl (C=O) groups excluding carboxylic acids is 4. The molecule has 0 bridgehead atoms. The number of methoxy groups -OCH3 is 2. The van der Waals surface area contributed by atoms with Gasteiger partial charge in [-0.1, -0.05) is 31.6 Å². The normalized spacial score (nSPS) is 26.7. The van der Waals surface area contributed by atoms with E-state index in [2.05, 4.69) is 45.2 Å². The van der Waals surface area contributed by atoms with Gasteiger partial charge in [0, 0.05) is 37.8 Å².